The van der Waals surface area contributed by atoms with Crippen LogP contribution in [0.15, 0.2) is 72.8 Å². The van der Waals surface area contributed by atoms with Gasteiger partial charge in [0, 0.05) is 17.0 Å². The van der Waals surface area contributed by atoms with Gasteiger partial charge < -0.3 is 0 Å². The highest BCUT2D eigenvalue weighted by molar-refractivity contribution is 6.88. The van der Waals surface area contributed by atoms with Gasteiger partial charge in [-0.1, -0.05) is 67.3 Å². The number of benzene rings is 3. The number of pyridine rings is 1. The lowest BCUT2D eigenvalue weighted by atomic mass is 9.98. The fourth-order valence-corrected chi connectivity index (χ4v) is 4.54. The van der Waals surface area contributed by atoms with Gasteiger partial charge in [-0.05, 0) is 35.4 Å². The largest absolute Gasteiger partial charge is 0.248 e. The molecule has 0 aliphatic heterocycles. The van der Waals surface area contributed by atoms with Gasteiger partial charge in [0.25, 0.3) is 0 Å². The summed E-state index contributed by atoms with van der Waals surface area (Å²) in [7, 11) is -1.50. The quantitative estimate of drug-likeness (QED) is 0.370. The molecule has 0 radical (unpaired) electrons. The Morgan fingerprint density at radius 3 is 2.18 bits per heavy atom. The second-order valence-corrected chi connectivity index (χ2v) is 13.1. The molecule has 4 aromatic rings. The average Bonchev–Trinajstić information content (AvgIpc) is 2.66. The maximum Gasteiger partial charge on any atom is 0.135 e. The fourth-order valence-electron chi connectivity index (χ4n) is 3.38. The number of nitrogens with zero attached hydrogens (tertiary/aromatic N) is 1. The van der Waals surface area contributed by atoms with E-state index in [1.54, 1.807) is 0 Å². The highest BCUT2D eigenvalue weighted by Gasteiger charge is 2.19. The summed E-state index contributed by atoms with van der Waals surface area (Å²) < 4.78 is 27.8. The summed E-state index contributed by atoms with van der Waals surface area (Å²) >= 11 is 0. The van der Waals surface area contributed by atoms with Crippen molar-refractivity contribution in [1.82, 2.24) is 4.98 Å². The molecule has 28 heavy (non-hydrogen) atoms. The van der Waals surface area contributed by atoms with Gasteiger partial charge in [0.15, 0.2) is 0 Å². The second-order valence-electron chi connectivity index (χ2n) is 8.03. The monoisotopic (exact) mass is 389 g/mol. The average molecular weight is 390 g/mol. The number of halogens is 2. The Labute approximate surface area is 164 Å². The number of aromatic nitrogens is 1. The van der Waals surface area contributed by atoms with E-state index in [1.165, 1.54) is 17.3 Å². The molecule has 0 N–H and O–H groups in total. The molecule has 0 unspecified atom stereocenters. The molecule has 0 atom stereocenters. The van der Waals surface area contributed by atoms with E-state index in [0.717, 1.165) is 28.1 Å². The Bertz CT molecular complexity index is 1160. The second kappa shape index (κ2) is 6.95. The van der Waals surface area contributed by atoms with Crippen LogP contribution in [0.25, 0.3) is 33.3 Å². The van der Waals surface area contributed by atoms with E-state index in [1.807, 2.05) is 42.5 Å². The van der Waals surface area contributed by atoms with Crippen molar-refractivity contribution >= 4 is 24.2 Å². The molecule has 1 heterocycles. The molecule has 4 rings (SSSR count). The third-order valence-corrected chi connectivity index (χ3v) is 7.01. The molecule has 0 fully saturated rings. The van der Waals surface area contributed by atoms with Crippen LogP contribution in [-0.2, 0) is 0 Å². The Hall–Kier alpha value is -2.85. The van der Waals surface area contributed by atoms with Crippen molar-refractivity contribution in [3.05, 3.63) is 84.4 Å². The summed E-state index contributed by atoms with van der Waals surface area (Å²) in [5, 5.41) is 2.40. The smallest absolute Gasteiger partial charge is 0.135 e. The third-order valence-electron chi connectivity index (χ3n) is 4.97. The van der Waals surface area contributed by atoms with Crippen molar-refractivity contribution in [2.24, 2.45) is 0 Å². The maximum atomic E-state index is 14.4. The van der Waals surface area contributed by atoms with Gasteiger partial charge in [-0.25, -0.2) is 13.8 Å². The molecular formula is C24H21F2NSi. The first-order chi connectivity index (χ1) is 13.3. The first kappa shape index (κ1) is 18.5. The van der Waals surface area contributed by atoms with Gasteiger partial charge in [-0.15, -0.1) is 0 Å². The maximum absolute atomic E-state index is 14.4. The lowest BCUT2D eigenvalue weighted by molar-refractivity contribution is 0.585. The van der Waals surface area contributed by atoms with E-state index in [0.29, 0.717) is 11.3 Å². The first-order valence-electron chi connectivity index (χ1n) is 9.29. The summed E-state index contributed by atoms with van der Waals surface area (Å²) in [4.78, 5) is 4.70. The van der Waals surface area contributed by atoms with Crippen molar-refractivity contribution in [3.63, 3.8) is 0 Å². The topological polar surface area (TPSA) is 12.9 Å². The number of rotatable bonds is 3. The molecule has 0 saturated heterocycles. The van der Waals surface area contributed by atoms with E-state index in [9.17, 15) is 8.78 Å². The lowest BCUT2D eigenvalue weighted by Crippen LogP contribution is -2.37. The molecule has 1 aromatic heterocycles. The van der Waals surface area contributed by atoms with Crippen LogP contribution in [0.4, 0.5) is 8.78 Å². The SMILES string of the molecule is C[Si](C)(C)c1ccc2nc(-c3ccc(F)cc3F)cc(-c3ccccc3)c2c1. The van der Waals surface area contributed by atoms with E-state index in [4.69, 9.17) is 4.98 Å². The van der Waals surface area contributed by atoms with Crippen molar-refractivity contribution in [2.75, 3.05) is 0 Å². The van der Waals surface area contributed by atoms with Crippen molar-refractivity contribution in [1.29, 1.82) is 0 Å². The predicted molar refractivity (Wildman–Crippen MR) is 116 cm³/mol. The normalized spacial score (nSPS) is 11.8. The molecule has 140 valence electrons. The molecule has 3 aromatic carbocycles. The standard InChI is InChI=1S/C24H21F2NSi/c1-28(2,3)18-10-12-23-21(14-18)20(16-7-5-4-6-8-16)15-24(27-23)19-11-9-17(25)13-22(19)26/h4-15H,1-3H3. The summed E-state index contributed by atoms with van der Waals surface area (Å²) in [6, 6.07) is 21.9. The molecule has 0 amide bonds. The summed E-state index contributed by atoms with van der Waals surface area (Å²) in [6.07, 6.45) is 0. The van der Waals surface area contributed by atoms with Gasteiger partial charge in [0.2, 0.25) is 0 Å². The van der Waals surface area contributed by atoms with Gasteiger partial charge >= 0.3 is 0 Å². The van der Waals surface area contributed by atoms with Crippen LogP contribution in [-0.4, -0.2) is 13.1 Å². The van der Waals surface area contributed by atoms with Crippen molar-refractivity contribution < 1.29 is 8.78 Å². The minimum absolute atomic E-state index is 0.301. The van der Waals surface area contributed by atoms with Crippen molar-refractivity contribution in [3.8, 4) is 22.4 Å². The zero-order valence-corrected chi connectivity index (χ0v) is 17.1. The molecule has 0 bridgehead atoms. The molecular weight excluding hydrogens is 368 g/mol. The molecule has 0 saturated carbocycles. The van der Waals surface area contributed by atoms with Crippen LogP contribution in [0.3, 0.4) is 0 Å². The summed E-state index contributed by atoms with van der Waals surface area (Å²) in [6.45, 7) is 6.93. The minimum atomic E-state index is -1.50. The van der Waals surface area contributed by atoms with E-state index in [-0.39, 0.29) is 0 Å². The van der Waals surface area contributed by atoms with E-state index in [2.05, 4.69) is 31.8 Å². The Kier molecular flexibility index (Phi) is 4.59. The highest BCUT2D eigenvalue weighted by atomic mass is 28.3. The van der Waals surface area contributed by atoms with Gasteiger partial charge in [0.1, 0.15) is 11.6 Å². The van der Waals surface area contributed by atoms with Crippen LogP contribution in [0.1, 0.15) is 0 Å². The van der Waals surface area contributed by atoms with Gasteiger partial charge in [-0.3, -0.25) is 0 Å². The lowest BCUT2D eigenvalue weighted by Gasteiger charge is -2.18. The van der Waals surface area contributed by atoms with Crippen LogP contribution in [0.2, 0.25) is 19.6 Å². The Balaban J connectivity index is 2.02. The zero-order chi connectivity index (χ0) is 19.9. The Morgan fingerprint density at radius 1 is 0.750 bits per heavy atom. The third kappa shape index (κ3) is 3.48. The summed E-state index contributed by atoms with van der Waals surface area (Å²) in [5.74, 6) is -1.20. The van der Waals surface area contributed by atoms with Crippen LogP contribution in [0.5, 0.6) is 0 Å². The first-order valence-corrected chi connectivity index (χ1v) is 12.8. The summed E-state index contributed by atoms with van der Waals surface area (Å²) in [5.41, 5.74) is 3.66. The fraction of sp³-hybridized carbons (Fsp3) is 0.125. The van der Waals surface area contributed by atoms with E-state index < -0.39 is 19.7 Å². The van der Waals surface area contributed by atoms with Crippen molar-refractivity contribution in [2.45, 2.75) is 19.6 Å². The Morgan fingerprint density at radius 2 is 1.50 bits per heavy atom. The molecule has 0 aliphatic rings. The molecule has 1 nitrogen and oxygen atoms in total. The number of hydrogen-bond donors (Lipinski definition) is 0. The number of fused-ring (bicyclic) bond motifs is 1. The van der Waals surface area contributed by atoms with Crippen LogP contribution >= 0.6 is 0 Å². The predicted octanol–water partition coefficient (Wildman–Crippen LogP) is 6.39. The van der Waals surface area contributed by atoms with Crippen LogP contribution in [0, 0.1) is 11.6 Å². The zero-order valence-electron chi connectivity index (χ0n) is 16.1. The molecule has 4 heteroatoms. The highest BCUT2D eigenvalue weighted by Crippen LogP contribution is 2.33. The molecule has 0 aliphatic carbocycles. The van der Waals surface area contributed by atoms with Gasteiger partial charge in [0.05, 0.1) is 19.3 Å². The number of hydrogen-bond acceptors (Lipinski definition) is 1. The van der Waals surface area contributed by atoms with Gasteiger partial charge in [-0.2, -0.15) is 0 Å². The molecule has 0 spiro atoms. The minimum Gasteiger partial charge on any atom is -0.248 e. The van der Waals surface area contributed by atoms with E-state index >= 15 is 0 Å². The van der Waals surface area contributed by atoms with Crippen LogP contribution < -0.4 is 5.19 Å².